The molecule has 6 nitrogen and oxygen atoms in total. The third-order valence-electron chi connectivity index (χ3n) is 4.97. The molecule has 0 spiro atoms. The lowest BCUT2D eigenvalue weighted by Gasteiger charge is -2.32. The Morgan fingerprint density at radius 3 is 2.67 bits per heavy atom. The molecule has 156 valence electrons. The molecule has 0 unspecified atom stereocenters. The summed E-state index contributed by atoms with van der Waals surface area (Å²) >= 11 is 12.1. The summed E-state index contributed by atoms with van der Waals surface area (Å²) in [6, 6.07) is 8.46. The highest BCUT2D eigenvalue weighted by atomic mass is 35.5. The number of amides is 1. The average Bonchev–Trinajstić information content (AvgIpc) is 3.11. The highest BCUT2D eigenvalue weighted by Gasteiger charge is 2.34. The minimum atomic E-state index is -0.215. The van der Waals surface area contributed by atoms with Gasteiger partial charge in [-0.3, -0.25) is 19.3 Å². The molecule has 0 saturated heterocycles. The predicted octanol–water partition coefficient (Wildman–Crippen LogP) is 4.65. The van der Waals surface area contributed by atoms with Crippen molar-refractivity contribution in [1.29, 1.82) is 0 Å². The number of Topliss-reactive ketones (excluding diaryl/α,β-unsaturated/α-hetero) is 1. The number of pyridine rings is 1. The lowest BCUT2D eigenvalue weighted by atomic mass is 10.0. The maximum Gasteiger partial charge on any atom is 0.276 e. The summed E-state index contributed by atoms with van der Waals surface area (Å²) in [7, 11) is 0. The van der Waals surface area contributed by atoms with Crippen LogP contribution in [0.2, 0.25) is 10.0 Å². The molecule has 0 bridgehead atoms. The minimum Gasteiger partial charge on any atom is -0.305 e. The Labute approximate surface area is 191 Å². The van der Waals surface area contributed by atoms with Crippen molar-refractivity contribution in [3.05, 3.63) is 75.3 Å². The molecule has 9 heteroatoms. The van der Waals surface area contributed by atoms with Crippen LogP contribution in [0.5, 0.6) is 0 Å². The zero-order valence-electron chi connectivity index (χ0n) is 16.4. The summed E-state index contributed by atoms with van der Waals surface area (Å²) in [6.45, 7) is 4.26. The Bertz CT molecular complexity index is 1130. The van der Waals surface area contributed by atoms with Crippen LogP contribution in [-0.2, 0) is 6.42 Å². The van der Waals surface area contributed by atoms with E-state index in [0.29, 0.717) is 39.1 Å². The molecule has 2 aromatic heterocycles. The van der Waals surface area contributed by atoms with Gasteiger partial charge in [-0.1, -0.05) is 23.2 Å². The Kier molecular flexibility index (Phi) is 6.55. The van der Waals surface area contributed by atoms with E-state index in [9.17, 15) is 9.59 Å². The monoisotopic (exact) mass is 462 g/mol. The van der Waals surface area contributed by atoms with Crippen LogP contribution in [0.1, 0.15) is 45.1 Å². The molecule has 3 aromatic rings. The number of hydrogen-bond donors (Lipinski definition) is 0. The molecule has 0 N–H and O–H groups in total. The van der Waals surface area contributed by atoms with Crippen LogP contribution in [0.3, 0.4) is 0 Å². The third-order valence-corrected chi connectivity index (χ3v) is 5.71. The molecule has 0 radical (unpaired) electrons. The fraction of sp³-hybridized carbons (Fsp3) is 0.238. The topological polar surface area (TPSA) is 68.1 Å². The first-order chi connectivity index (χ1) is 13.8. The van der Waals surface area contributed by atoms with Gasteiger partial charge >= 0.3 is 0 Å². The Balaban J connectivity index is 0.00000256. The van der Waals surface area contributed by atoms with Gasteiger partial charge in [0.05, 0.1) is 22.3 Å². The Hall–Kier alpha value is -2.35. The maximum atomic E-state index is 13.3. The first-order valence-electron chi connectivity index (χ1n) is 9.14. The minimum absolute atomic E-state index is 0. The number of anilines is 1. The summed E-state index contributed by atoms with van der Waals surface area (Å²) < 4.78 is 1.69. The second-order valence-electron chi connectivity index (χ2n) is 7.11. The van der Waals surface area contributed by atoms with Gasteiger partial charge in [-0.25, -0.2) is 0 Å². The van der Waals surface area contributed by atoms with Crippen LogP contribution in [0.25, 0.3) is 0 Å². The van der Waals surface area contributed by atoms with Crippen molar-refractivity contribution >= 4 is 54.1 Å². The summed E-state index contributed by atoms with van der Waals surface area (Å²) in [5, 5.41) is 5.18. The van der Waals surface area contributed by atoms with E-state index in [1.807, 2.05) is 13.8 Å². The number of rotatable bonds is 4. The lowest BCUT2D eigenvalue weighted by Crippen LogP contribution is -2.43. The molecule has 0 aliphatic carbocycles. The standard InChI is InChI=1S/C21H18Cl2N4O2.H2S/c1-12-7-14(5-6-24-12)19(28)8-15-10-25-27-13(2)11-26(21(29)20(15)27)16-3-4-17(22)18(23)9-16;/h3-7,9-10,13H,8,11H2,1-2H3;1H2/t13-;/m0./s1. The molecular formula is C21H20Cl2N4O2S. The highest BCUT2D eigenvalue weighted by molar-refractivity contribution is 7.59. The third kappa shape index (κ3) is 4.10. The first kappa shape index (κ1) is 22.3. The summed E-state index contributed by atoms with van der Waals surface area (Å²) in [5.41, 5.74) is 3.02. The van der Waals surface area contributed by atoms with Gasteiger partial charge in [-0.2, -0.15) is 18.6 Å². The average molecular weight is 463 g/mol. The molecule has 1 amide bonds. The quantitative estimate of drug-likeness (QED) is 0.529. The van der Waals surface area contributed by atoms with E-state index in [0.717, 1.165) is 5.69 Å². The van der Waals surface area contributed by atoms with E-state index in [-0.39, 0.29) is 37.6 Å². The van der Waals surface area contributed by atoms with Gasteiger partial charge in [-0.15, -0.1) is 0 Å². The smallest absolute Gasteiger partial charge is 0.276 e. The molecule has 30 heavy (non-hydrogen) atoms. The van der Waals surface area contributed by atoms with E-state index in [4.69, 9.17) is 23.2 Å². The lowest BCUT2D eigenvalue weighted by molar-refractivity contribution is 0.0951. The fourth-order valence-corrected chi connectivity index (χ4v) is 3.81. The molecule has 0 fully saturated rings. The van der Waals surface area contributed by atoms with Gasteiger partial charge in [0.15, 0.2) is 5.78 Å². The molecular weight excluding hydrogens is 443 g/mol. The van der Waals surface area contributed by atoms with E-state index in [1.165, 1.54) is 0 Å². The number of aromatic nitrogens is 3. The van der Waals surface area contributed by atoms with Crippen LogP contribution in [-0.4, -0.2) is 33.0 Å². The maximum absolute atomic E-state index is 13.3. The van der Waals surface area contributed by atoms with Crippen LogP contribution in [0.4, 0.5) is 5.69 Å². The van der Waals surface area contributed by atoms with Crippen molar-refractivity contribution < 1.29 is 9.59 Å². The second-order valence-corrected chi connectivity index (χ2v) is 7.93. The number of ketones is 1. The van der Waals surface area contributed by atoms with Gasteiger partial charge < -0.3 is 4.90 Å². The molecule has 4 rings (SSSR count). The molecule has 1 aliphatic heterocycles. The fourth-order valence-electron chi connectivity index (χ4n) is 3.52. The van der Waals surface area contributed by atoms with Gasteiger partial charge in [-0.05, 0) is 44.2 Å². The van der Waals surface area contributed by atoms with E-state index >= 15 is 0 Å². The Morgan fingerprint density at radius 1 is 1.20 bits per heavy atom. The van der Waals surface area contributed by atoms with E-state index in [1.54, 1.807) is 52.3 Å². The summed E-state index contributed by atoms with van der Waals surface area (Å²) in [6.07, 6.45) is 3.30. The number of carbonyl (C=O) groups is 2. The van der Waals surface area contributed by atoms with Crippen molar-refractivity contribution in [2.75, 3.05) is 11.4 Å². The summed E-state index contributed by atoms with van der Waals surface area (Å²) in [5.74, 6) is -0.300. The predicted molar refractivity (Wildman–Crippen MR) is 122 cm³/mol. The second kappa shape index (κ2) is 8.79. The van der Waals surface area contributed by atoms with Crippen molar-refractivity contribution in [2.45, 2.75) is 26.3 Å². The number of aryl methyl sites for hydroxylation is 1. The number of hydrogen-bond acceptors (Lipinski definition) is 4. The number of carbonyl (C=O) groups excluding carboxylic acids is 2. The molecule has 1 aliphatic rings. The summed E-state index contributed by atoms with van der Waals surface area (Å²) in [4.78, 5) is 31.8. The molecule has 1 atom stereocenters. The van der Waals surface area contributed by atoms with Crippen LogP contribution >= 0.6 is 36.7 Å². The zero-order valence-corrected chi connectivity index (χ0v) is 18.9. The van der Waals surface area contributed by atoms with Gasteiger partial charge in [0, 0.05) is 41.7 Å². The zero-order chi connectivity index (χ0) is 20.7. The van der Waals surface area contributed by atoms with Crippen molar-refractivity contribution in [3.8, 4) is 0 Å². The van der Waals surface area contributed by atoms with Gasteiger partial charge in [0.1, 0.15) is 5.69 Å². The number of halogens is 2. The van der Waals surface area contributed by atoms with E-state index < -0.39 is 0 Å². The number of nitrogens with zero attached hydrogens (tertiary/aromatic N) is 4. The van der Waals surface area contributed by atoms with Gasteiger partial charge in [0.2, 0.25) is 0 Å². The molecule has 3 heterocycles. The first-order valence-corrected chi connectivity index (χ1v) is 9.90. The van der Waals surface area contributed by atoms with Crippen molar-refractivity contribution in [3.63, 3.8) is 0 Å². The number of fused-ring (bicyclic) bond motifs is 1. The van der Waals surface area contributed by atoms with Crippen LogP contribution in [0, 0.1) is 6.92 Å². The Morgan fingerprint density at radius 2 is 1.97 bits per heavy atom. The van der Waals surface area contributed by atoms with Crippen molar-refractivity contribution in [1.82, 2.24) is 14.8 Å². The van der Waals surface area contributed by atoms with Crippen molar-refractivity contribution in [2.24, 2.45) is 0 Å². The normalized spacial score (nSPS) is 15.5. The van der Waals surface area contributed by atoms with E-state index in [2.05, 4.69) is 10.1 Å². The SMILES string of the molecule is Cc1cc(C(=O)Cc2cnn3c2C(=O)N(c2ccc(Cl)c(Cl)c2)C[C@@H]3C)ccn1.S. The van der Waals surface area contributed by atoms with Crippen LogP contribution in [0.15, 0.2) is 42.7 Å². The molecule has 0 saturated carbocycles. The molecule has 1 aromatic carbocycles. The number of benzene rings is 1. The highest BCUT2D eigenvalue weighted by Crippen LogP contribution is 2.32. The largest absolute Gasteiger partial charge is 0.305 e. The van der Waals surface area contributed by atoms with Crippen LogP contribution < -0.4 is 4.90 Å². The van der Waals surface area contributed by atoms with Gasteiger partial charge in [0.25, 0.3) is 5.91 Å².